The minimum Gasteiger partial charge on any atom is -0.505 e. The predicted molar refractivity (Wildman–Crippen MR) is 118 cm³/mol. The van der Waals surface area contributed by atoms with Crippen LogP contribution in [0.1, 0.15) is 21.5 Å². The first-order valence-electron chi connectivity index (χ1n) is 10.2. The van der Waals surface area contributed by atoms with Crippen LogP contribution < -0.4 is 10.3 Å². The third-order valence-corrected chi connectivity index (χ3v) is 5.52. The molecule has 1 atom stereocenters. The molecule has 1 aromatic carbocycles. The van der Waals surface area contributed by atoms with Crippen molar-refractivity contribution in [2.45, 2.75) is 19.1 Å². The molecule has 9 nitrogen and oxygen atoms in total. The van der Waals surface area contributed by atoms with Gasteiger partial charge in [0.15, 0.2) is 17.6 Å². The number of pyridine rings is 2. The highest BCUT2D eigenvalue weighted by Crippen LogP contribution is 2.38. The van der Waals surface area contributed by atoms with Crippen molar-refractivity contribution in [3.63, 3.8) is 0 Å². The Morgan fingerprint density at radius 3 is 2.45 bits per heavy atom. The summed E-state index contributed by atoms with van der Waals surface area (Å²) in [6.45, 7) is -0.144. The molecule has 0 spiro atoms. The summed E-state index contributed by atoms with van der Waals surface area (Å²) >= 11 is 0. The Labute approximate surface area is 188 Å². The largest absolute Gasteiger partial charge is 0.505 e. The highest BCUT2D eigenvalue weighted by atomic mass is 19.1. The molecule has 0 bridgehead atoms. The predicted octanol–water partition coefficient (Wildman–Crippen LogP) is 1.38. The Morgan fingerprint density at radius 1 is 1.18 bits per heavy atom. The number of benzene rings is 1. The number of halogens is 1. The monoisotopic (exact) mass is 454 g/mol. The lowest BCUT2D eigenvalue weighted by Crippen LogP contribution is -2.46. The van der Waals surface area contributed by atoms with Crippen LogP contribution in [-0.4, -0.2) is 70.6 Å². The average Bonchev–Trinajstić information content (AvgIpc) is 2.78. The van der Waals surface area contributed by atoms with Gasteiger partial charge in [-0.2, -0.15) is 0 Å². The molecule has 172 valence electrons. The van der Waals surface area contributed by atoms with Gasteiger partial charge in [-0.25, -0.2) is 4.39 Å². The first kappa shape index (κ1) is 22.3. The number of carbonyl (C=O) groups is 2. The Morgan fingerprint density at radius 2 is 1.85 bits per heavy atom. The normalized spacial score (nSPS) is 14.6. The van der Waals surface area contributed by atoms with Crippen LogP contribution in [-0.2, 0) is 17.8 Å². The molecule has 3 heterocycles. The maximum atomic E-state index is 13.3. The van der Waals surface area contributed by atoms with E-state index in [0.717, 1.165) is 5.56 Å². The molecular formula is C23H23FN4O5. The molecule has 2 amide bonds. The van der Waals surface area contributed by atoms with Crippen LogP contribution in [0.2, 0.25) is 0 Å². The van der Waals surface area contributed by atoms with Crippen LogP contribution in [0.5, 0.6) is 11.5 Å². The number of ether oxygens (including phenoxy) is 1. The fourth-order valence-corrected chi connectivity index (χ4v) is 3.83. The molecule has 1 aliphatic rings. The van der Waals surface area contributed by atoms with Gasteiger partial charge < -0.3 is 19.6 Å². The van der Waals surface area contributed by atoms with E-state index in [9.17, 15) is 23.9 Å². The number of carbonyl (C=O) groups excluding carboxylic acids is 2. The topological polar surface area (TPSA) is 105 Å². The van der Waals surface area contributed by atoms with Gasteiger partial charge in [0, 0.05) is 46.4 Å². The van der Waals surface area contributed by atoms with E-state index in [4.69, 9.17) is 4.74 Å². The molecule has 1 unspecified atom stereocenters. The standard InChI is InChI=1S/C23H23FN4O5/c1-26(2)21(30)15-11-28-18-17(19(29)16(23(28)32)22(31)27(3)4)25-10-13(20(18)33-15)9-12-5-7-14(24)8-6-12/h5-8,10,15,29H,9,11H2,1-4H3. The van der Waals surface area contributed by atoms with Crippen LogP contribution in [0, 0.1) is 5.82 Å². The van der Waals surface area contributed by atoms with E-state index in [0.29, 0.717) is 5.56 Å². The van der Waals surface area contributed by atoms with Crippen LogP contribution in [0.15, 0.2) is 35.3 Å². The second-order valence-corrected chi connectivity index (χ2v) is 8.29. The summed E-state index contributed by atoms with van der Waals surface area (Å²) in [4.78, 5) is 45.6. The zero-order valence-electron chi connectivity index (χ0n) is 18.6. The van der Waals surface area contributed by atoms with E-state index >= 15 is 0 Å². The third kappa shape index (κ3) is 3.77. The molecule has 2 aromatic heterocycles. The van der Waals surface area contributed by atoms with E-state index in [1.54, 1.807) is 26.2 Å². The number of aromatic hydroxyl groups is 1. The van der Waals surface area contributed by atoms with Crippen molar-refractivity contribution in [1.29, 1.82) is 0 Å². The Hall–Kier alpha value is -3.95. The lowest BCUT2D eigenvalue weighted by molar-refractivity contribution is -0.137. The van der Waals surface area contributed by atoms with Gasteiger partial charge in [0.05, 0.1) is 6.54 Å². The summed E-state index contributed by atoms with van der Waals surface area (Å²) in [5, 5.41) is 10.8. The van der Waals surface area contributed by atoms with Crippen molar-refractivity contribution in [3.8, 4) is 11.5 Å². The van der Waals surface area contributed by atoms with Crippen molar-refractivity contribution in [1.82, 2.24) is 19.4 Å². The van der Waals surface area contributed by atoms with Crippen LogP contribution in [0.25, 0.3) is 11.0 Å². The highest BCUT2D eigenvalue weighted by molar-refractivity contribution is 6.02. The molecule has 10 heteroatoms. The van der Waals surface area contributed by atoms with Crippen LogP contribution in [0.4, 0.5) is 4.39 Å². The number of rotatable bonds is 4. The molecule has 33 heavy (non-hydrogen) atoms. The molecule has 0 fully saturated rings. The van der Waals surface area contributed by atoms with E-state index in [1.807, 2.05) is 0 Å². The zero-order valence-corrected chi connectivity index (χ0v) is 18.6. The van der Waals surface area contributed by atoms with Gasteiger partial charge in [0.2, 0.25) is 0 Å². The second kappa shape index (κ2) is 8.19. The Kier molecular flexibility index (Phi) is 5.52. The average molecular weight is 454 g/mol. The Bertz CT molecular complexity index is 1330. The minimum atomic E-state index is -1.02. The summed E-state index contributed by atoms with van der Waals surface area (Å²) in [5.74, 6) is -1.74. The molecule has 0 saturated heterocycles. The molecule has 0 saturated carbocycles. The van der Waals surface area contributed by atoms with Crippen molar-refractivity contribution in [3.05, 3.63) is 63.3 Å². The maximum Gasteiger partial charge on any atom is 0.268 e. The highest BCUT2D eigenvalue weighted by Gasteiger charge is 2.35. The Balaban J connectivity index is 1.97. The van der Waals surface area contributed by atoms with Crippen molar-refractivity contribution < 1.29 is 23.8 Å². The minimum absolute atomic E-state index is 0.0217. The quantitative estimate of drug-likeness (QED) is 0.639. The number of aromatic nitrogens is 2. The number of nitrogens with zero attached hydrogens (tertiary/aromatic N) is 4. The fourth-order valence-electron chi connectivity index (χ4n) is 3.83. The molecule has 0 radical (unpaired) electrons. The van der Waals surface area contributed by atoms with Crippen LogP contribution >= 0.6 is 0 Å². The van der Waals surface area contributed by atoms with Gasteiger partial charge in [-0.15, -0.1) is 0 Å². The zero-order chi connectivity index (χ0) is 24.0. The molecule has 1 N–H and O–H groups in total. The lowest BCUT2D eigenvalue weighted by atomic mass is 10.0. The smallest absolute Gasteiger partial charge is 0.268 e. The van der Waals surface area contributed by atoms with Gasteiger partial charge in [-0.3, -0.25) is 23.9 Å². The van der Waals surface area contributed by atoms with E-state index in [-0.39, 0.29) is 41.5 Å². The first-order valence-corrected chi connectivity index (χ1v) is 10.2. The van der Waals surface area contributed by atoms with E-state index in [2.05, 4.69) is 4.98 Å². The summed E-state index contributed by atoms with van der Waals surface area (Å²) in [6, 6.07) is 5.88. The fraction of sp³-hybridized carbons (Fsp3) is 0.304. The van der Waals surface area contributed by atoms with Crippen molar-refractivity contribution >= 4 is 22.8 Å². The first-order chi connectivity index (χ1) is 15.6. The van der Waals surface area contributed by atoms with Gasteiger partial charge in [0.25, 0.3) is 17.4 Å². The van der Waals surface area contributed by atoms with Crippen molar-refractivity contribution in [2.75, 3.05) is 28.2 Å². The van der Waals surface area contributed by atoms with Gasteiger partial charge >= 0.3 is 0 Å². The number of amides is 2. The summed E-state index contributed by atoms with van der Waals surface area (Å²) in [7, 11) is 6.08. The summed E-state index contributed by atoms with van der Waals surface area (Å²) in [5.41, 5.74) is 0.375. The summed E-state index contributed by atoms with van der Waals surface area (Å²) in [6.07, 6.45) is 0.728. The van der Waals surface area contributed by atoms with E-state index < -0.39 is 28.9 Å². The number of hydrogen-bond donors (Lipinski definition) is 1. The van der Waals surface area contributed by atoms with E-state index in [1.165, 1.54) is 46.8 Å². The van der Waals surface area contributed by atoms with Crippen molar-refractivity contribution in [2.24, 2.45) is 0 Å². The maximum absolute atomic E-state index is 13.3. The number of hydrogen-bond acceptors (Lipinski definition) is 6. The van der Waals surface area contributed by atoms with Gasteiger partial charge in [-0.05, 0) is 17.7 Å². The third-order valence-electron chi connectivity index (χ3n) is 5.52. The molecule has 1 aliphatic heterocycles. The SMILES string of the molecule is CN(C)C(=O)c1c(O)c2ncc(Cc3ccc(F)cc3)c3c2n(c1=O)CC(C(=O)N(C)C)O3. The molecular weight excluding hydrogens is 431 g/mol. The van der Waals surface area contributed by atoms with Crippen LogP contribution in [0.3, 0.4) is 0 Å². The molecule has 0 aliphatic carbocycles. The number of likely N-dealkylation sites (N-methyl/N-ethyl adjacent to an activating group) is 1. The molecule has 3 aromatic rings. The second-order valence-electron chi connectivity index (χ2n) is 8.29. The lowest BCUT2D eigenvalue weighted by Gasteiger charge is -2.30. The van der Waals surface area contributed by atoms with Gasteiger partial charge in [-0.1, -0.05) is 12.1 Å². The summed E-state index contributed by atoms with van der Waals surface area (Å²) < 4.78 is 20.6. The molecule has 4 rings (SSSR count). The van der Waals surface area contributed by atoms with Gasteiger partial charge in [0.1, 0.15) is 22.4 Å².